The number of para-hydroxylation sites is 1. The SMILES string of the molecule is CN1C(=O)C([NH])N=C(N2CC3CCC(CC3)C2)c2ccccc21. The molecule has 3 fully saturated rings. The zero-order chi connectivity index (χ0) is 16.0. The number of carbonyl (C=O) groups excluding carboxylic acids is 1. The van der Waals surface area contributed by atoms with Gasteiger partial charge in [-0.1, -0.05) is 12.1 Å². The Morgan fingerprint density at radius 2 is 1.70 bits per heavy atom. The van der Waals surface area contributed by atoms with Crippen LogP contribution in [0.15, 0.2) is 29.3 Å². The molecule has 1 saturated carbocycles. The summed E-state index contributed by atoms with van der Waals surface area (Å²) in [6, 6.07) is 7.91. The number of nitrogens with one attached hydrogen (secondary N) is 1. The van der Waals surface area contributed by atoms with Gasteiger partial charge >= 0.3 is 0 Å². The molecule has 23 heavy (non-hydrogen) atoms. The minimum atomic E-state index is -1.07. The van der Waals surface area contributed by atoms with Crippen molar-refractivity contribution < 1.29 is 4.79 Å². The van der Waals surface area contributed by atoms with Crippen molar-refractivity contribution in [3.8, 4) is 0 Å². The molecular formula is C18H23N4O. The number of hydrogen-bond donors (Lipinski definition) is 0. The van der Waals surface area contributed by atoms with E-state index in [0.29, 0.717) is 0 Å². The minimum Gasteiger partial charge on any atom is -0.356 e. The number of benzene rings is 1. The van der Waals surface area contributed by atoms with Gasteiger partial charge in [0.2, 0.25) is 0 Å². The molecule has 1 atom stereocenters. The molecule has 5 nitrogen and oxygen atoms in total. The Kier molecular flexibility index (Phi) is 3.60. The lowest BCUT2D eigenvalue weighted by Gasteiger charge is -2.27. The van der Waals surface area contributed by atoms with Crippen LogP contribution in [0.3, 0.4) is 0 Å². The number of hydrogen-bond acceptors (Lipinski definition) is 3. The molecule has 2 bridgehead atoms. The highest BCUT2D eigenvalue weighted by atomic mass is 16.2. The first-order chi connectivity index (χ1) is 11.1. The monoisotopic (exact) mass is 311 g/mol. The maximum absolute atomic E-state index is 12.4. The minimum absolute atomic E-state index is 0.259. The summed E-state index contributed by atoms with van der Waals surface area (Å²) in [6.07, 6.45) is 4.15. The van der Waals surface area contributed by atoms with Crippen LogP contribution in [0.1, 0.15) is 31.2 Å². The van der Waals surface area contributed by atoms with Crippen LogP contribution in [0.2, 0.25) is 0 Å². The van der Waals surface area contributed by atoms with E-state index in [-0.39, 0.29) is 5.91 Å². The van der Waals surface area contributed by atoms with Gasteiger partial charge in [0.15, 0.2) is 6.17 Å². The fourth-order valence-corrected chi connectivity index (χ4v) is 4.22. The number of benzodiazepines with no additional fused rings is 1. The van der Waals surface area contributed by atoms with E-state index in [0.717, 1.165) is 42.0 Å². The number of amides is 1. The lowest BCUT2D eigenvalue weighted by Crippen LogP contribution is -2.37. The predicted molar refractivity (Wildman–Crippen MR) is 90.3 cm³/mol. The maximum atomic E-state index is 12.4. The van der Waals surface area contributed by atoms with Crippen LogP contribution in [0, 0.1) is 11.8 Å². The second kappa shape index (κ2) is 5.64. The van der Waals surface area contributed by atoms with E-state index >= 15 is 0 Å². The molecule has 1 unspecified atom stereocenters. The number of amidine groups is 1. The molecule has 1 amide bonds. The van der Waals surface area contributed by atoms with Crippen LogP contribution in [0.5, 0.6) is 0 Å². The molecule has 1 N–H and O–H groups in total. The molecule has 121 valence electrons. The first-order valence-corrected chi connectivity index (χ1v) is 8.54. The summed E-state index contributed by atoms with van der Waals surface area (Å²) in [7, 11) is 1.74. The molecular weight excluding hydrogens is 288 g/mol. The first kappa shape index (κ1) is 14.7. The van der Waals surface area contributed by atoms with Gasteiger partial charge in [0.1, 0.15) is 5.84 Å². The number of fused-ring (bicyclic) bond motifs is 5. The van der Waals surface area contributed by atoms with Gasteiger partial charge in [0.25, 0.3) is 5.91 Å². The van der Waals surface area contributed by atoms with E-state index in [9.17, 15) is 4.79 Å². The topological polar surface area (TPSA) is 59.7 Å². The second-order valence-corrected chi connectivity index (χ2v) is 7.06. The van der Waals surface area contributed by atoms with Gasteiger partial charge in [-0.15, -0.1) is 0 Å². The third kappa shape index (κ3) is 2.53. The highest BCUT2D eigenvalue weighted by Crippen LogP contribution is 2.35. The highest BCUT2D eigenvalue weighted by molar-refractivity contribution is 6.11. The smallest absolute Gasteiger partial charge is 0.267 e. The Balaban J connectivity index is 1.78. The zero-order valence-electron chi connectivity index (χ0n) is 13.5. The van der Waals surface area contributed by atoms with E-state index in [1.54, 1.807) is 11.9 Å². The standard InChI is InChI=1S/C18H23N4O/c1-21-15-5-3-2-4-14(15)17(20-16(19)18(21)23)22-10-12-6-7-13(11-22)9-8-12/h2-5,12-13,16,19H,6-11H2,1H3. The van der Waals surface area contributed by atoms with Crippen LogP contribution in [0.4, 0.5) is 5.69 Å². The normalized spacial score (nSPS) is 30.6. The highest BCUT2D eigenvalue weighted by Gasteiger charge is 2.34. The van der Waals surface area contributed by atoms with Gasteiger partial charge in [-0.25, -0.2) is 10.7 Å². The van der Waals surface area contributed by atoms with Gasteiger partial charge in [-0.2, -0.15) is 0 Å². The molecule has 4 aliphatic rings. The van der Waals surface area contributed by atoms with Crippen molar-refractivity contribution in [1.82, 2.24) is 10.6 Å². The van der Waals surface area contributed by atoms with E-state index in [2.05, 4.69) is 9.89 Å². The Labute approximate surface area is 137 Å². The molecule has 1 aromatic carbocycles. The number of likely N-dealkylation sites (N-methyl/N-ethyl adjacent to an activating group) is 1. The molecule has 0 aromatic heterocycles. The Morgan fingerprint density at radius 1 is 1.09 bits per heavy atom. The Hall–Kier alpha value is -1.88. The third-order valence-corrected chi connectivity index (χ3v) is 5.55. The molecule has 1 aliphatic carbocycles. The van der Waals surface area contributed by atoms with E-state index < -0.39 is 6.17 Å². The van der Waals surface area contributed by atoms with Crippen molar-refractivity contribution in [3.63, 3.8) is 0 Å². The predicted octanol–water partition coefficient (Wildman–Crippen LogP) is 2.14. The fourth-order valence-electron chi connectivity index (χ4n) is 4.22. The second-order valence-electron chi connectivity index (χ2n) is 7.06. The molecule has 3 heterocycles. The van der Waals surface area contributed by atoms with E-state index in [1.807, 2.05) is 24.3 Å². The van der Waals surface area contributed by atoms with Gasteiger partial charge in [-0.05, 0) is 49.7 Å². The van der Waals surface area contributed by atoms with Crippen LogP contribution < -0.4 is 10.6 Å². The molecule has 2 saturated heterocycles. The van der Waals surface area contributed by atoms with Crippen molar-refractivity contribution >= 4 is 17.4 Å². The van der Waals surface area contributed by atoms with Gasteiger partial charge in [-0.3, -0.25) is 4.79 Å². The average Bonchev–Trinajstić information content (AvgIpc) is 2.94. The molecule has 0 spiro atoms. The summed E-state index contributed by atoms with van der Waals surface area (Å²) < 4.78 is 0. The van der Waals surface area contributed by atoms with Gasteiger partial charge < -0.3 is 9.80 Å². The summed E-state index contributed by atoms with van der Waals surface area (Å²) in [5.74, 6) is 2.04. The third-order valence-electron chi connectivity index (χ3n) is 5.55. The summed E-state index contributed by atoms with van der Waals surface area (Å²) in [5, 5.41) is 0. The molecule has 1 aromatic rings. The number of anilines is 1. The van der Waals surface area contributed by atoms with Crippen LogP contribution >= 0.6 is 0 Å². The lowest BCUT2D eigenvalue weighted by molar-refractivity contribution is -0.119. The summed E-state index contributed by atoms with van der Waals surface area (Å²) in [5.41, 5.74) is 9.99. The Bertz CT molecular complexity index is 634. The number of carbonyl (C=O) groups is 1. The molecule has 3 aliphatic heterocycles. The van der Waals surface area contributed by atoms with Crippen LogP contribution in [-0.2, 0) is 4.79 Å². The molecule has 5 heteroatoms. The van der Waals surface area contributed by atoms with Crippen molar-refractivity contribution in [2.45, 2.75) is 31.8 Å². The van der Waals surface area contributed by atoms with Crippen molar-refractivity contribution in [3.05, 3.63) is 29.8 Å². The number of rotatable bonds is 0. The first-order valence-electron chi connectivity index (χ1n) is 8.54. The number of nitrogens with zero attached hydrogens (tertiary/aromatic N) is 3. The summed E-state index contributed by atoms with van der Waals surface area (Å²) in [4.78, 5) is 20.8. The van der Waals surface area contributed by atoms with Crippen molar-refractivity contribution in [1.29, 1.82) is 0 Å². The quantitative estimate of drug-likeness (QED) is 0.737. The number of aliphatic imine (C=N–C) groups is 1. The summed E-state index contributed by atoms with van der Waals surface area (Å²) >= 11 is 0. The fraction of sp³-hybridized carbons (Fsp3) is 0.556. The van der Waals surface area contributed by atoms with Gasteiger partial charge in [0.05, 0.1) is 5.69 Å². The molecule has 5 rings (SSSR count). The maximum Gasteiger partial charge on any atom is 0.267 e. The van der Waals surface area contributed by atoms with Gasteiger partial charge in [0, 0.05) is 25.7 Å². The lowest BCUT2D eigenvalue weighted by atomic mass is 9.84. The van der Waals surface area contributed by atoms with E-state index in [1.165, 1.54) is 25.7 Å². The van der Waals surface area contributed by atoms with Crippen molar-refractivity contribution in [2.75, 3.05) is 25.0 Å². The average molecular weight is 311 g/mol. The van der Waals surface area contributed by atoms with Crippen LogP contribution in [-0.4, -0.2) is 42.9 Å². The zero-order valence-corrected chi connectivity index (χ0v) is 13.5. The summed E-state index contributed by atoms with van der Waals surface area (Å²) in [6.45, 7) is 2.02. The largest absolute Gasteiger partial charge is 0.356 e. The van der Waals surface area contributed by atoms with Crippen LogP contribution in [0.25, 0.3) is 0 Å². The Morgan fingerprint density at radius 3 is 2.35 bits per heavy atom. The molecule has 1 radical (unpaired) electrons. The van der Waals surface area contributed by atoms with Crippen molar-refractivity contribution in [2.24, 2.45) is 16.8 Å². The van der Waals surface area contributed by atoms with E-state index in [4.69, 9.17) is 5.73 Å².